The number of ether oxygens (including phenoxy) is 1. The molecule has 2 nitrogen and oxygen atoms in total. The highest BCUT2D eigenvalue weighted by atomic mass is 16.5. The normalized spacial score (nSPS) is 16.8. The molecule has 0 aliphatic carbocycles. The summed E-state index contributed by atoms with van der Waals surface area (Å²) in [6.07, 6.45) is 0. The van der Waals surface area contributed by atoms with Gasteiger partial charge in [0.1, 0.15) is 11.5 Å². The Kier molecular flexibility index (Phi) is 3.68. The zero-order valence-electron chi connectivity index (χ0n) is 42.9. The molecule has 9 rings (SSSR count). The molecule has 0 fully saturated rings. The van der Waals surface area contributed by atoms with Crippen molar-refractivity contribution in [2.24, 2.45) is 0 Å². The van der Waals surface area contributed by atoms with Crippen LogP contribution in [-0.2, 0) is 0 Å². The summed E-state index contributed by atoms with van der Waals surface area (Å²) in [4.78, 5) is 0.958. The van der Waals surface area contributed by atoms with E-state index in [0.29, 0.717) is 11.3 Å². The molecule has 0 radical (unpaired) electrons. The van der Waals surface area contributed by atoms with Gasteiger partial charge >= 0.3 is 0 Å². The lowest BCUT2D eigenvalue weighted by Gasteiger charge is -2.29. The molecular weight excluding hydrogens is 583 g/mol. The van der Waals surface area contributed by atoms with Crippen LogP contribution in [-0.4, -0.2) is 0 Å². The van der Waals surface area contributed by atoms with Crippen LogP contribution in [0.5, 0.6) is 11.5 Å². The topological polar surface area (TPSA) is 12.5 Å². The molecule has 226 valence electrons. The Morgan fingerprint density at radius 1 is 0.417 bits per heavy atom. The van der Waals surface area contributed by atoms with Crippen molar-refractivity contribution in [1.82, 2.24) is 0 Å². The number of para-hydroxylation sites is 1. The quantitative estimate of drug-likeness (QED) is 0.181. The molecule has 0 bridgehead atoms. The first-order valence-electron chi connectivity index (χ1n) is 23.9. The standard InChI is InChI=1S/C46H31NO/c1-5-14-32(15-6-1)35-28-36(33-16-7-2-8-17-33)30-39(29-35)47(37-20-11-4-12-21-37)38-24-25-41-43-23-13-22-42-40(34-18-9-3-10-19-34)26-27-44(46(42)43)48-45(41)31-38/h1-31H/i1D,2D,4D,5D,6D,7D,8D,11D,12D,14D,15D,16D,17D,20D,21D,28D,29D,30D. The fourth-order valence-corrected chi connectivity index (χ4v) is 5.92. The van der Waals surface area contributed by atoms with Crippen molar-refractivity contribution in [3.8, 4) is 56.0 Å². The highest BCUT2D eigenvalue weighted by molar-refractivity contribution is 6.10. The second-order valence-corrected chi connectivity index (χ2v) is 10.8. The fourth-order valence-electron chi connectivity index (χ4n) is 5.92. The number of hydrogen-bond donors (Lipinski definition) is 0. The zero-order chi connectivity index (χ0) is 47.5. The molecule has 8 aromatic rings. The Morgan fingerprint density at radius 2 is 1.06 bits per heavy atom. The van der Waals surface area contributed by atoms with E-state index in [-0.39, 0.29) is 11.4 Å². The number of benzene rings is 8. The maximum Gasteiger partial charge on any atom is 0.137 e. The molecule has 0 saturated heterocycles. The van der Waals surface area contributed by atoms with Crippen LogP contribution in [0.3, 0.4) is 0 Å². The third kappa shape index (κ3) is 4.92. The second kappa shape index (κ2) is 11.8. The average molecular weight is 632 g/mol. The fraction of sp³-hybridized carbons (Fsp3) is 0. The van der Waals surface area contributed by atoms with Crippen LogP contribution in [0.2, 0.25) is 0 Å². The molecular formula is C46H31NO. The van der Waals surface area contributed by atoms with Gasteiger partial charge in [0, 0.05) is 34.1 Å². The van der Waals surface area contributed by atoms with Gasteiger partial charge in [-0.05, 0) is 92.7 Å². The van der Waals surface area contributed by atoms with Gasteiger partial charge in [-0.3, -0.25) is 0 Å². The summed E-state index contributed by atoms with van der Waals surface area (Å²) in [5, 5.41) is 1.68. The summed E-state index contributed by atoms with van der Waals surface area (Å²) < 4.78 is 166. The van der Waals surface area contributed by atoms with E-state index in [9.17, 15) is 4.11 Å². The summed E-state index contributed by atoms with van der Waals surface area (Å²) in [5.74, 6) is 0.649. The summed E-state index contributed by atoms with van der Waals surface area (Å²) in [6.45, 7) is 0. The number of nitrogens with zero attached hydrogens (tertiary/aromatic N) is 1. The van der Waals surface area contributed by atoms with Gasteiger partial charge in [0.05, 0.1) is 24.7 Å². The first-order chi connectivity index (χ1) is 31.3. The smallest absolute Gasteiger partial charge is 0.137 e. The van der Waals surface area contributed by atoms with Crippen molar-refractivity contribution in [2.75, 3.05) is 4.90 Å². The van der Waals surface area contributed by atoms with Crippen LogP contribution in [0.15, 0.2) is 188 Å². The first-order valence-corrected chi connectivity index (χ1v) is 14.9. The molecule has 0 amide bonds. The van der Waals surface area contributed by atoms with Crippen LogP contribution >= 0.6 is 0 Å². The van der Waals surface area contributed by atoms with E-state index in [4.69, 9.17) is 25.3 Å². The van der Waals surface area contributed by atoms with Gasteiger partial charge in [0.15, 0.2) is 0 Å². The Balaban J connectivity index is 1.42. The Hall–Kier alpha value is -6.38. The minimum absolute atomic E-state index is 0.0810. The number of hydrogen-bond acceptors (Lipinski definition) is 2. The average Bonchev–Trinajstić information content (AvgIpc) is 3.32. The van der Waals surface area contributed by atoms with Gasteiger partial charge in [-0.2, -0.15) is 0 Å². The van der Waals surface area contributed by atoms with Gasteiger partial charge in [-0.1, -0.05) is 133 Å². The summed E-state index contributed by atoms with van der Waals surface area (Å²) in [5.41, 5.74) is -1.04. The van der Waals surface area contributed by atoms with E-state index in [1.165, 1.54) is 12.1 Å². The second-order valence-electron chi connectivity index (χ2n) is 10.8. The van der Waals surface area contributed by atoms with Crippen molar-refractivity contribution in [2.45, 2.75) is 0 Å². The lowest BCUT2D eigenvalue weighted by Crippen LogP contribution is -2.11. The van der Waals surface area contributed by atoms with Crippen molar-refractivity contribution in [3.63, 3.8) is 0 Å². The third-order valence-electron chi connectivity index (χ3n) is 7.99. The van der Waals surface area contributed by atoms with Crippen LogP contribution in [0.25, 0.3) is 55.3 Å². The van der Waals surface area contributed by atoms with Gasteiger partial charge in [0.25, 0.3) is 0 Å². The van der Waals surface area contributed by atoms with E-state index >= 15 is 0 Å². The zero-order valence-corrected chi connectivity index (χ0v) is 24.9. The van der Waals surface area contributed by atoms with Crippen molar-refractivity contribution < 1.29 is 29.4 Å². The number of rotatable bonds is 6. The maximum atomic E-state index is 9.81. The van der Waals surface area contributed by atoms with Gasteiger partial charge in [-0.15, -0.1) is 0 Å². The summed E-state index contributed by atoms with van der Waals surface area (Å²) in [6, 6.07) is 8.50. The van der Waals surface area contributed by atoms with E-state index in [0.717, 1.165) is 32.4 Å². The predicted molar refractivity (Wildman–Crippen MR) is 200 cm³/mol. The molecule has 1 aliphatic heterocycles. The van der Waals surface area contributed by atoms with Gasteiger partial charge < -0.3 is 9.64 Å². The van der Waals surface area contributed by atoms with E-state index in [1.807, 2.05) is 54.6 Å². The van der Waals surface area contributed by atoms with Crippen molar-refractivity contribution in [1.29, 1.82) is 0 Å². The minimum atomic E-state index is -0.917. The summed E-state index contributed by atoms with van der Waals surface area (Å²) in [7, 11) is 0. The van der Waals surface area contributed by atoms with Gasteiger partial charge in [0.2, 0.25) is 0 Å². The number of anilines is 3. The van der Waals surface area contributed by atoms with E-state index in [1.54, 1.807) is 12.1 Å². The lowest BCUT2D eigenvalue weighted by atomic mass is 9.90. The van der Waals surface area contributed by atoms with Crippen molar-refractivity contribution >= 4 is 27.8 Å². The molecule has 0 spiro atoms. The van der Waals surface area contributed by atoms with Crippen LogP contribution in [0.1, 0.15) is 24.7 Å². The highest BCUT2D eigenvalue weighted by Crippen LogP contribution is 2.50. The molecule has 1 heterocycles. The molecule has 2 heteroatoms. The van der Waals surface area contributed by atoms with Crippen LogP contribution < -0.4 is 9.64 Å². The van der Waals surface area contributed by atoms with Gasteiger partial charge in [-0.25, -0.2) is 0 Å². The summed E-state index contributed by atoms with van der Waals surface area (Å²) >= 11 is 0. The molecule has 1 aliphatic rings. The molecule has 48 heavy (non-hydrogen) atoms. The van der Waals surface area contributed by atoms with E-state index < -0.39 is 142 Å². The monoisotopic (exact) mass is 631 g/mol. The molecule has 0 atom stereocenters. The molecule has 8 aromatic carbocycles. The Morgan fingerprint density at radius 3 is 1.75 bits per heavy atom. The lowest BCUT2D eigenvalue weighted by molar-refractivity contribution is 0.487. The van der Waals surface area contributed by atoms with Crippen molar-refractivity contribution in [3.05, 3.63) is 188 Å². The first kappa shape index (κ1) is 15.0. The van der Waals surface area contributed by atoms with E-state index in [2.05, 4.69) is 0 Å². The largest absolute Gasteiger partial charge is 0.456 e. The number of fused-ring (bicyclic) bond motifs is 2. The minimum Gasteiger partial charge on any atom is -0.456 e. The molecule has 0 unspecified atom stereocenters. The van der Waals surface area contributed by atoms with Crippen LogP contribution in [0, 0.1) is 0 Å². The predicted octanol–water partition coefficient (Wildman–Crippen LogP) is 13.1. The Bertz CT molecular complexity index is 3270. The Labute approximate surface area is 306 Å². The van der Waals surface area contributed by atoms with Crippen LogP contribution in [0.4, 0.5) is 17.1 Å². The maximum absolute atomic E-state index is 9.81. The molecule has 0 aromatic heterocycles. The SMILES string of the molecule is [2H]c1c([2H])c([2H])c(-c2c([2H])c(-c3c([2H])c([2H])c([2H])c([2H])c3[2H])c([2H])c(N(c3ccc4c(c3)Oc3ccc(-c5ccccc5)c5cccc-4c35)c3c([2H])c([2H])c([2H])c([2H])c3[2H])c2[2H])c([2H])c1[2H]. The molecule has 0 saturated carbocycles. The highest BCUT2D eigenvalue weighted by Gasteiger charge is 2.24. The third-order valence-corrected chi connectivity index (χ3v) is 7.99. The molecule has 0 N–H and O–H groups in total.